The Labute approximate surface area is 201 Å². The summed E-state index contributed by atoms with van der Waals surface area (Å²) < 4.78 is 25.5. The number of rotatable bonds is 5. The standard InChI is InChI=1S/C23H25FN8O3/c1-13-10-14(11-25-20(13)32-6-8-34-9-7-32)27-22-26-12-15(24)18(31-22)28-17-5-4-16-19(29-17)30-21(33)23(2,3)35-16/h4-5,10-12H,6-9H2,1-3H3,(H3,26,27,28,29,30,31,33). The van der Waals surface area contributed by atoms with E-state index in [2.05, 4.69) is 40.8 Å². The number of hydrogen-bond acceptors (Lipinski definition) is 10. The normalized spacial score (nSPS) is 16.7. The summed E-state index contributed by atoms with van der Waals surface area (Å²) in [6.07, 6.45) is 2.75. The molecule has 0 unspecified atom stereocenters. The third-order valence-corrected chi connectivity index (χ3v) is 5.61. The van der Waals surface area contributed by atoms with Gasteiger partial charge in [0.15, 0.2) is 28.8 Å². The van der Waals surface area contributed by atoms with Crippen molar-refractivity contribution in [2.45, 2.75) is 26.4 Å². The lowest BCUT2D eigenvalue weighted by Gasteiger charge is -2.30. The molecule has 0 atom stereocenters. The van der Waals surface area contributed by atoms with Crippen molar-refractivity contribution in [1.29, 1.82) is 0 Å². The first-order chi connectivity index (χ1) is 16.8. The number of aryl methyl sites for hydroxylation is 1. The lowest BCUT2D eigenvalue weighted by Crippen LogP contribution is -2.46. The molecule has 1 saturated heterocycles. The number of fused-ring (bicyclic) bond motifs is 1. The first-order valence-electron chi connectivity index (χ1n) is 11.2. The van der Waals surface area contributed by atoms with Gasteiger partial charge in [-0.1, -0.05) is 0 Å². The van der Waals surface area contributed by atoms with Crippen LogP contribution in [0.25, 0.3) is 0 Å². The molecule has 3 aromatic heterocycles. The summed E-state index contributed by atoms with van der Waals surface area (Å²) >= 11 is 0. The van der Waals surface area contributed by atoms with Gasteiger partial charge in [-0.05, 0) is 44.5 Å². The summed E-state index contributed by atoms with van der Waals surface area (Å²) in [5.74, 6) is 0.982. The van der Waals surface area contributed by atoms with Gasteiger partial charge >= 0.3 is 0 Å². The monoisotopic (exact) mass is 480 g/mol. The molecule has 0 radical (unpaired) electrons. The van der Waals surface area contributed by atoms with Crippen molar-refractivity contribution in [3.63, 3.8) is 0 Å². The minimum Gasteiger partial charge on any atom is -0.474 e. The molecule has 3 N–H and O–H groups in total. The molecule has 182 valence electrons. The van der Waals surface area contributed by atoms with Gasteiger partial charge in [-0.2, -0.15) is 4.98 Å². The predicted molar refractivity (Wildman–Crippen MR) is 128 cm³/mol. The molecule has 5 heterocycles. The lowest BCUT2D eigenvalue weighted by atomic mass is 10.1. The van der Waals surface area contributed by atoms with E-state index in [4.69, 9.17) is 9.47 Å². The van der Waals surface area contributed by atoms with Crippen molar-refractivity contribution in [3.8, 4) is 5.75 Å². The van der Waals surface area contributed by atoms with Crippen LogP contribution in [-0.2, 0) is 9.53 Å². The van der Waals surface area contributed by atoms with E-state index in [0.29, 0.717) is 24.7 Å². The molecule has 0 aliphatic carbocycles. The number of nitrogens with zero attached hydrogens (tertiary/aromatic N) is 5. The first-order valence-corrected chi connectivity index (χ1v) is 11.2. The third kappa shape index (κ3) is 4.78. The van der Waals surface area contributed by atoms with Crippen molar-refractivity contribution in [2.24, 2.45) is 0 Å². The Kier molecular flexibility index (Phi) is 5.81. The van der Waals surface area contributed by atoms with Gasteiger partial charge in [0.25, 0.3) is 5.91 Å². The van der Waals surface area contributed by atoms with Crippen LogP contribution in [0.2, 0.25) is 0 Å². The fourth-order valence-electron chi connectivity index (χ4n) is 3.77. The minimum absolute atomic E-state index is 0.0760. The highest BCUT2D eigenvalue weighted by Crippen LogP contribution is 2.33. The van der Waals surface area contributed by atoms with Gasteiger partial charge < -0.3 is 30.3 Å². The van der Waals surface area contributed by atoms with Gasteiger partial charge in [-0.3, -0.25) is 4.79 Å². The largest absolute Gasteiger partial charge is 0.474 e. The number of aromatic nitrogens is 4. The van der Waals surface area contributed by atoms with Crippen LogP contribution in [0.15, 0.2) is 30.6 Å². The SMILES string of the molecule is Cc1cc(Nc2ncc(F)c(Nc3ccc4c(n3)NC(=O)C(C)(C)O4)n2)cnc1N1CCOCC1. The second-order valence-electron chi connectivity index (χ2n) is 8.71. The van der Waals surface area contributed by atoms with Gasteiger partial charge in [-0.15, -0.1) is 0 Å². The molecule has 2 aliphatic rings. The van der Waals surface area contributed by atoms with E-state index < -0.39 is 11.4 Å². The summed E-state index contributed by atoms with van der Waals surface area (Å²) in [4.78, 5) is 31.5. The van der Waals surface area contributed by atoms with Gasteiger partial charge in [0.05, 0.1) is 31.3 Å². The molecule has 2 aliphatic heterocycles. The molecular formula is C23H25FN8O3. The van der Waals surface area contributed by atoms with Crippen LogP contribution in [0.1, 0.15) is 19.4 Å². The summed E-state index contributed by atoms with van der Waals surface area (Å²) in [6, 6.07) is 5.19. The number of halogens is 1. The lowest BCUT2D eigenvalue weighted by molar-refractivity contribution is -0.129. The van der Waals surface area contributed by atoms with Crippen LogP contribution < -0.4 is 25.6 Å². The first kappa shape index (κ1) is 22.7. The van der Waals surface area contributed by atoms with Crippen LogP contribution in [0.5, 0.6) is 5.75 Å². The number of pyridine rings is 2. The number of carbonyl (C=O) groups is 1. The molecule has 0 saturated carbocycles. The van der Waals surface area contributed by atoms with Gasteiger partial charge in [-0.25, -0.2) is 19.3 Å². The third-order valence-electron chi connectivity index (χ3n) is 5.61. The van der Waals surface area contributed by atoms with E-state index >= 15 is 0 Å². The van der Waals surface area contributed by atoms with Crippen LogP contribution in [0, 0.1) is 12.7 Å². The minimum atomic E-state index is -1.00. The molecule has 35 heavy (non-hydrogen) atoms. The predicted octanol–water partition coefficient (Wildman–Crippen LogP) is 3.15. The molecule has 11 nitrogen and oxygen atoms in total. The molecule has 1 amide bonds. The van der Waals surface area contributed by atoms with Crippen LogP contribution in [0.3, 0.4) is 0 Å². The van der Waals surface area contributed by atoms with E-state index in [9.17, 15) is 9.18 Å². The summed E-state index contributed by atoms with van der Waals surface area (Å²) in [6.45, 7) is 8.24. The highest BCUT2D eigenvalue weighted by Gasteiger charge is 2.36. The highest BCUT2D eigenvalue weighted by atomic mass is 19.1. The zero-order valence-electron chi connectivity index (χ0n) is 19.6. The van der Waals surface area contributed by atoms with Crippen molar-refractivity contribution >= 4 is 40.8 Å². The Hall–Kier alpha value is -4.06. The number of amides is 1. The molecule has 0 aromatic carbocycles. The average Bonchev–Trinajstić information content (AvgIpc) is 2.83. The van der Waals surface area contributed by atoms with Gasteiger partial charge in [0.2, 0.25) is 5.95 Å². The van der Waals surface area contributed by atoms with Crippen molar-refractivity contribution in [2.75, 3.05) is 47.2 Å². The van der Waals surface area contributed by atoms with E-state index in [1.165, 1.54) is 0 Å². The van der Waals surface area contributed by atoms with E-state index in [1.807, 2.05) is 13.0 Å². The molecule has 0 bridgehead atoms. The number of nitrogens with one attached hydrogen (secondary N) is 3. The fraction of sp³-hybridized carbons (Fsp3) is 0.348. The molecular weight excluding hydrogens is 455 g/mol. The number of morpholine rings is 1. The van der Waals surface area contributed by atoms with Crippen LogP contribution >= 0.6 is 0 Å². The fourth-order valence-corrected chi connectivity index (χ4v) is 3.77. The number of hydrogen-bond donors (Lipinski definition) is 3. The summed E-state index contributed by atoms with van der Waals surface area (Å²) in [5.41, 5.74) is 0.658. The number of ether oxygens (including phenoxy) is 2. The van der Waals surface area contributed by atoms with Gasteiger partial charge in [0, 0.05) is 13.1 Å². The molecule has 0 spiro atoms. The maximum atomic E-state index is 14.5. The molecule has 3 aromatic rings. The molecule has 1 fully saturated rings. The van der Waals surface area contributed by atoms with Crippen LogP contribution in [-0.4, -0.2) is 57.7 Å². The Morgan fingerprint density at radius 3 is 2.69 bits per heavy atom. The summed E-state index contributed by atoms with van der Waals surface area (Å²) in [5, 5.41) is 8.59. The van der Waals surface area contributed by atoms with Gasteiger partial charge in [0.1, 0.15) is 11.6 Å². The smallest absolute Gasteiger partial charge is 0.269 e. The van der Waals surface area contributed by atoms with E-state index in [0.717, 1.165) is 30.7 Å². The highest BCUT2D eigenvalue weighted by molar-refractivity contribution is 5.99. The van der Waals surface area contributed by atoms with E-state index in [1.54, 1.807) is 32.2 Å². The molecule has 5 rings (SSSR count). The quantitative estimate of drug-likeness (QED) is 0.501. The van der Waals surface area contributed by atoms with Crippen molar-refractivity contribution < 1.29 is 18.7 Å². The van der Waals surface area contributed by atoms with Crippen molar-refractivity contribution in [3.05, 3.63) is 42.0 Å². The van der Waals surface area contributed by atoms with Crippen LogP contribution in [0.4, 0.5) is 39.3 Å². The Morgan fingerprint density at radius 2 is 1.91 bits per heavy atom. The number of anilines is 6. The Balaban J connectivity index is 1.32. The van der Waals surface area contributed by atoms with E-state index in [-0.39, 0.29) is 29.3 Å². The zero-order chi connectivity index (χ0) is 24.6. The second-order valence-corrected chi connectivity index (χ2v) is 8.71. The maximum Gasteiger partial charge on any atom is 0.269 e. The topological polar surface area (TPSA) is 126 Å². The number of carbonyl (C=O) groups excluding carboxylic acids is 1. The van der Waals surface area contributed by atoms with Crippen molar-refractivity contribution in [1.82, 2.24) is 19.9 Å². The summed E-state index contributed by atoms with van der Waals surface area (Å²) in [7, 11) is 0. The zero-order valence-corrected chi connectivity index (χ0v) is 19.6. The molecule has 12 heteroatoms. The average molecular weight is 481 g/mol. The second kappa shape index (κ2) is 8.95. The Bertz CT molecular complexity index is 1280. The maximum absolute atomic E-state index is 14.5. The Morgan fingerprint density at radius 1 is 1.11 bits per heavy atom.